The second-order valence-electron chi connectivity index (χ2n) is 6.78. The Bertz CT molecular complexity index is 1130. The Labute approximate surface area is 154 Å². The van der Waals surface area contributed by atoms with E-state index in [2.05, 4.69) is 24.0 Å². The highest BCUT2D eigenvalue weighted by Crippen LogP contribution is 2.39. The van der Waals surface area contributed by atoms with Crippen LogP contribution in [0.1, 0.15) is 35.7 Å². The van der Waals surface area contributed by atoms with Crippen LogP contribution in [0.15, 0.2) is 38.9 Å². The van der Waals surface area contributed by atoms with Crippen molar-refractivity contribution in [2.45, 2.75) is 36.5 Å². The Morgan fingerprint density at radius 1 is 1.12 bits per heavy atom. The van der Waals surface area contributed by atoms with Crippen molar-refractivity contribution in [1.29, 1.82) is 0 Å². The Hall–Kier alpha value is -2.41. The fourth-order valence-corrected chi connectivity index (χ4v) is 4.09. The number of benzene rings is 1. The molecule has 1 aromatic carbocycles. The van der Waals surface area contributed by atoms with E-state index in [1.165, 1.54) is 34.5 Å². The van der Waals surface area contributed by atoms with Gasteiger partial charge in [-0.3, -0.25) is 13.9 Å². The quantitative estimate of drug-likeness (QED) is 0.523. The summed E-state index contributed by atoms with van der Waals surface area (Å²) in [7, 11) is 3.15. The first-order valence-corrected chi connectivity index (χ1v) is 9.61. The van der Waals surface area contributed by atoms with Crippen LogP contribution in [0.2, 0.25) is 0 Å². The Kier molecular flexibility index (Phi) is 4.19. The Balaban J connectivity index is 1.88. The minimum atomic E-state index is -0.363. The van der Waals surface area contributed by atoms with Gasteiger partial charge < -0.3 is 0 Å². The fraction of sp³-hybridized carbons (Fsp3) is 0.368. The molecule has 1 aliphatic carbocycles. The molecule has 1 fully saturated rings. The number of thioether (sulfide) groups is 1. The van der Waals surface area contributed by atoms with Gasteiger partial charge in [0.2, 0.25) is 0 Å². The molecule has 0 aliphatic heterocycles. The van der Waals surface area contributed by atoms with Gasteiger partial charge in [-0.15, -0.1) is 11.8 Å². The predicted molar refractivity (Wildman–Crippen MR) is 103 cm³/mol. The first-order chi connectivity index (χ1) is 12.5. The molecule has 2 aromatic heterocycles. The zero-order valence-electron chi connectivity index (χ0n) is 15.0. The van der Waals surface area contributed by atoms with E-state index in [0.29, 0.717) is 22.0 Å². The molecule has 0 unspecified atom stereocenters. The summed E-state index contributed by atoms with van der Waals surface area (Å²) < 4.78 is 2.57. The third-order valence-corrected chi connectivity index (χ3v) is 5.88. The molecule has 0 atom stereocenters. The number of rotatable bonds is 4. The highest BCUT2D eigenvalue weighted by molar-refractivity contribution is 7.98. The van der Waals surface area contributed by atoms with Crippen LogP contribution in [-0.2, 0) is 19.8 Å². The van der Waals surface area contributed by atoms with E-state index < -0.39 is 0 Å². The van der Waals surface area contributed by atoms with Gasteiger partial charge >= 0.3 is 5.69 Å². The lowest BCUT2D eigenvalue weighted by Gasteiger charge is -2.12. The first kappa shape index (κ1) is 17.0. The number of aryl methyl sites for hydroxylation is 2. The molecule has 0 spiro atoms. The third-order valence-electron chi connectivity index (χ3n) is 4.85. The highest BCUT2D eigenvalue weighted by Gasteiger charge is 2.29. The topological polar surface area (TPSA) is 69.8 Å². The van der Waals surface area contributed by atoms with Crippen molar-refractivity contribution in [3.63, 3.8) is 0 Å². The summed E-state index contributed by atoms with van der Waals surface area (Å²) in [5, 5.41) is 1.09. The van der Waals surface area contributed by atoms with Gasteiger partial charge in [0.05, 0.1) is 0 Å². The van der Waals surface area contributed by atoms with Gasteiger partial charge in [0, 0.05) is 25.8 Å². The van der Waals surface area contributed by atoms with E-state index in [4.69, 9.17) is 4.98 Å². The van der Waals surface area contributed by atoms with E-state index in [1.54, 1.807) is 7.05 Å². The minimum Gasteiger partial charge on any atom is -0.280 e. The molecule has 2 heterocycles. The van der Waals surface area contributed by atoms with Crippen molar-refractivity contribution >= 4 is 22.8 Å². The number of aromatic nitrogens is 4. The molecule has 3 aromatic rings. The van der Waals surface area contributed by atoms with Crippen molar-refractivity contribution in [2.75, 3.05) is 0 Å². The molecule has 134 valence electrons. The van der Waals surface area contributed by atoms with E-state index in [0.717, 1.165) is 29.0 Å². The maximum atomic E-state index is 12.8. The Morgan fingerprint density at radius 2 is 1.85 bits per heavy atom. The van der Waals surface area contributed by atoms with E-state index >= 15 is 0 Å². The largest absolute Gasteiger partial charge is 0.332 e. The smallest absolute Gasteiger partial charge is 0.280 e. The molecule has 26 heavy (non-hydrogen) atoms. The molecule has 4 rings (SSSR count). The van der Waals surface area contributed by atoms with Crippen LogP contribution in [0.25, 0.3) is 11.0 Å². The van der Waals surface area contributed by atoms with E-state index in [1.807, 2.05) is 12.1 Å². The molecular weight excluding hydrogens is 348 g/mol. The number of nitrogens with zero attached hydrogens (tertiary/aromatic N) is 4. The number of hydrogen-bond acceptors (Lipinski definition) is 5. The molecule has 0 N–H and O–H groups in total. The second-order valence-corrected chi connectivity index (χ2v) is 7.74. The molecule has 0 amide bonds. The van der Waals surface area contributed by atoms with Gasteiger partial charge in [-0.2, -0.15) is 0 Å². The standard InChI is InChI=1S/C19H20N4O2S/c1-11-6-4-5-7-13(11)10-26-17-14-16(20-15(21-17)12-8-9-12)22(2)19(25)23(3)18(14)24/h4-7,12H,8-10H2,1-3H3. The van der Waals surface area contributed by atoms with Gasteiger partial charge in [-0.25, -0.2) is 14.8 Å². The van der Waals surface area contributed by atoms with Crippen molar-refractivity contribution in [3.05, 3.63) is 62.1 Å². The molecule has 7 heteroatoms. The average Bonchev–Trinajstić information content (AvgIpc) is 3.48. The summed E-state index contributed by atoms with van der Waals surface area (Å²) in [5.41, 5.74) is 2.15. The van der Waals surface area contributed by atoms with Crippen molar-refractivity contribution in [3.8, 4) is 0 Å². The second kappa shape index (κ2) is 6.39. The van der Waals surface area contributed by atoms with Gasteiger partial charge in [-0.05, 0) is 30.9 Å². The molecule has 0 radical (unpaired) electrons. The summed E-state index contributed by atoms with van der Waals surface area (Å²) in [5.74, 6) is 1.80. The molecular formula is C19H20N4O2S. The SMILES string of the molecule is Cc1ccccc1CSc1nc(C2CC2)nc2c1c(=O)n(C)c(=O)n2C. The minimum absolute atomic E-state index is 0.335. The molecule has 6 nitrogen and oxygen atoms in total. The van der Waals surface area contributed by atoms with Crippen LogP contribution < -0.4 is 11.2 Å². The third kappa shape index (κ3) is 2.86. The van der Waals surface area contributed by atoms with Crippen molar-refractivity contribution in [2.24, 2.45) is 14.1 Å². The van der Waals surface area contributed by atoms with Gasteiger partial charge in [0.1, 0.15) is 16.2 Å². The lowest BCUT2D eigenvalue weighted by atomic mass is 10.1. The lowest BCUT2D eigenvalue weighted by Crippen LogP contribution is -2.37. The van der Waals surface area contributed by atoms with E-state index in [-0.39, 0.29) is 11.2 Å². The van der Waals surface area contributed by atoms with Crippen LogP contribution in [0.5, 0.6) is 0 Å². The van der Waals surface area contributed by atoms with E-state index in [9.17, 15) is 9.59 Å². The number of fused-ring (bicyclic) bond motifs is 1. The van der Waals surface area contributed by atoms with Gasteiger partial charge in [-0.1, -0.05) is 24.3 Å². The predicted octanol–water partition coefficient (Wildman–Crippen LogP) is 2.51. The fourth-order valence-electron chi connectivity index (χ4n) is 2.99. The molecule has 1 saturated carbocycles. The highest BCUT2D eigenvalue weighted by atomic mass is 32.2. The zero-order chi connectivity index (χ0) is 18.4. The summed E-state index contributed by atoms with van der Waals surface area (Å²) >= 11 is 1.53. The lowest BCUT2D eigenvalue weighted by molar-refractivity contribution is 0.698. The summed E-state index contributed by atoms with van der Waals surface area (Å²) in [6.45, 7) is 2.08. The van der Waals surface area contributed by atoms with Crippen LogP contribution in [0, 0.1) is 6.92 Å². The zero-order valence-corrected chi connectivity index (χ0v) is 15.8. The maximum absolute atomic E-state index is 12.8. The summed E-state index contributed by atoms with van der Waals surface area (Å²) in [4.78, 5) is 34.3. The van der Waals surface area contributed by atoms with Crippen LogP contribution >= 0.6 is 11.8 Å². The summed E-state index contributed by atoms with van der Waals surface area (Å²) in [6.07, 6.45) is 2.12. The first-order valence-electron chi connectivity index (χ1n) is 8.62. The van der Waals surface area contributed by atoms with Crippen LogP contribution in [-0.4, -0.2) is 19.1 Å². The van der Waals surface area contributed by atoms with Crippen LogP contribution in [0.3, 0.4) is 0 Å². The molecule has 0 saturated heterocycles. The maximum Gasteiger partial charge on any atom is 0.332 e. The molecule has 1 aliphatic rings. The van der Waals surface area contributed by atoms with Crippen molar-refractivity contribution in [1.82, 2.24) is 19.1 Å². The van der Waals surface area contributed by atoms with Crippen molar-refractivity contribution < 1.29 is 0 Å². The monoisotopic (exact) mass is 368 g/mol. The van der Waals surface area contributed by atoms with Gasteiger partial charge in [0.25, 0.3) is 5.56 Å². The Morgan fingerprint density at radius 3 is 2.54 bits per heavy atom. The summed E-state index contributed by atoms with van der Waals surface area (Å²) in [6, 6.07) is 8.19. The number of hydrogen-bond donors (Lipinski definition) is 0. The van der Waals surface area contributed by atoms with Gasteiger partial charge in [0.15, 0.2) is 5.65 Å². The average molecular weight is 368 g/mol. The normalized spacial score (nSPS) is 14.1. The van der Waals surface area contributed by atoms with Crippen LogP contribution in [0.4, 0.5) is 0 Å². The molecule has 0 bridgehead atoms.